The van der Waals surface area contributed by atoms with Gasteiger partial charge in [-0.05, 0) is 199 Å². The van der Waals surface area contributed by atoms with Gasteiger partial charge in [-0.2, -0.15) is 0 Å². The molecule has 5 aromatic heterocycles. The molecule has 1 aliphatic carbocycles. The predicted molar refractivity (Wildman–Crippen MR) is 556 cm³/mol. The quantitative estimate of drug-likeness (QED) is 0.0201. The van der Waals surface area contributed by atoms with Gasteiger partial charge in [-0.1, -0.05) is 67.4 Å². The Morgan fingerprint density at radius 3 is 0.906 bits per heavy atom. The summed E-state index contributed by atoms with van der Waals surface area (Å²) in [5, 5.41) is 54.9. The lowest BCUT2D eigenvalue weighted by Gasteiger charge is -2.26. The number of aryl methyl sites for hydroxylation is 5. The molecule has 35 nitrogen and oxygen atoms in total. The number of pyridine rings is 5. The van der Waals surface area contributed by atoms with Gasteiger partial charge in [-0.25, -0.2) is 0 Å². The molecule has 0 radical (unpaired) electrons. The summed E-state index contributed by atoms with van der Waals surface area (Å²) in [6, 6.07) is 65.2. The van der Waals surface area contributed by atoms with Crippen LogP contribution in [-0.2, 0) is 68.2 Å². The number of Topliss-reactive ketones (excluding diaryl/α,β-unsaturated/α-hetero) is 10. The molecular weight excluding hydrogens is 1920 g/mol. The fourth-order valence-corrected chi connectivity index (χ4v) is 16.3. The second kappa shape index (κ2) is 48.5. The summed E-state index contributed by atoms with van der Waals surface area (Å²) < 4.78 is 40.9. The number of aromatic nitrogens is 5. The summed E-state index contributed by atoms with van der Waals surface area (Å²) in [4.78, 5) is 207. The van der Waals surface area contributed by atoms with Crippen LogP contribution in [0.5, 0.6) is 86.2 Å². The fraction of sp³-hybridized carbons (Fsp3) is 0.237. The van der Waals surface area contributed by atoms with E-state index in [1.165, 1.54) is 93.2 Å². The van der Waals surface area contributed by atoms with E-state index in [9.17, 15) is 107 Å². The van der Waals surface area contributed by atoms with E-state index in [2.05, 4.69) is 0 Å². The van der Waals surface area contributed by atoms with Crippen molar-refractivity contribution in [1.82, 2.24) is 22.8 Å². The van der Waals surface area contributed by atoms with Gasteiger partial charge in [0.25, 0.3) is 33.7 Å². The van der Waals surface area contributed by atoms with Gasteiger partial charge in [0.05, 0.1) is 34.2 Å². The number of primary amides is 1. The lowest BCUT2D eigenvalue weighted by Crippen LogP contribution is -2.41. The molecule has 0 bridgehead atoms. The van der Waals surface area contributed by atoms with Gasteiger partial charge in [-0.15, -0.1) is 0 Å². The van der Waals surface area contributed by atoms with Gasteiger partial charge in [0.1, 0.15) is 150 Å². The number of nitrogens with two attached hydrogens (primary N) is 1. The number of aromatic hydroxyl groups is 5. The topological polar surface area (TPSA) is 501 Å². The number of carbonyl (C=O) groups is 12. The summed E-state index contributed by atoms with van der Waals surface area (Å²) in [5.41, 5.74) is 4.00. The van der Waals surface area contributed by atoms with Crippen molar-refractivity contribution in [3.63, 3.8) is 0 Å². The monoisotopic (exact) mass is 2020 g/mol. The minimum absolute atomic E-state index is 0.000780. The highest BCUT2D eigenvalue weighted by Gasteiger charge is 2.31. The molecular formula is C114H107N7O28. The van der Waals surface area contributed by atoms with Crippen LogP contribution in [0.1, 0.15) is 180 Å². The van der Waals surface area contributed by atoms with Crippen molar-refractivity contribution in [1.29, 1.82) is 0 Å². The number of fused-ring (bicyclic) bond motifs is 5. The van der Waals surface area contributed by atoms with Crippen molar-refractivity contribution in [2.24, 2.45) is 39.8 Å². The zero-order valence-electron chi connectivity index (χ0n) is 82.9. The Morgan fingerprint density at radius 2 is 0.591 bits per heavy atom. The van der Waals surface area contributed by atoms with Crippen molar-refractivity contribution in [3.8, 4) is 86.2 Å². The maximum absolute atomic E-state index is 13.2. The summed E-state index contributed by atoms with van der Waals surface area (Å²) in [7, 11) is 6.04. The normalized spacial score (nSPS) is 12.0. The molecule has 17 rings (SSSR count). The van der Waals surface area contributed by atoms with Crippen LogP contribution in [-0.4, -0.2) is 138 Å². The third-order valence-corrected chi connectivity index (χ3v) is 24.6. The van der Waals surface area contributed by atoms with Crippen LogP contribution in [0.2, 0.25) is 0 Å². The average Bonchev–Trinajstić information content (AvgIpc) is 1.50. The molecule has 1 saturated heterocycles. The minimum atomic E-state index is -0.656. The number of ether oxygens (including phenoxy) is 6. The van der Waals surface area contributed by atoms with E-state index in [0.29, 0.717) is 143 Å². The third kappa shape index (κ3) is 26.5. The molecule has 2 fully saturated rings. The van der Waals surface area contributed by atoms with Crippen molar-refractivity contribution in [3.05, 3.63) is 316 Å². The van der Waals surface area contributed by atoms with Crippen LogP contribution in [0.4, 0.5) is 5.69 Å². The highest BCUT2D eigenvalue weighted by atomic mass is 16.5. The largest absolute Gasteiger partial charge is 0.506 e. The van der Waals surface area contributed by atoms with Gasteiger partial charge in [0, 0.05) is 168 Å². The molecule has 7 N–H and O–H groups in total. The Kier molecular flexibility index (Phi) is 35.2. The van der Waals surface area contributed by atoms with Gasteiger partial charge in [-0.3, -0.25) is 57.5 Å². The second-order valence-corrected chi connectivity index (χ2v) is 35.7. The summed E-state index contributed by atoms with van der Waals surface area (Å²) in [5.74, 6) is -0.314. The summed E-state index contributed by atoms with van der Waals surface area (Å²) in [6.07, 6.45) is 2.62. The number of para-hydroxylation sites is 3. The van der Waals surface area contributed by atoms with E-state index in [1.54, 1.807) is 161 Å². The Labute approximate surface area is 850 Å². The number of rotatable bonds is 35. The van der Waals surface area contributed by atoms with E-state index < -0.39 is 74.1 Å². The molecule has 10 aromatic carbocycles. The number of hydrogen-bond acceptors (Lipinski definition) is 28. The zero-order valence-corrected chi connectivity index (χ0v) is 82.9. The van der Waals surface area contributed by atoms with Crippen molar-refractivity contribution >= 4 is 130 Å². The third-order valence-electron chi connectivity index (χ3n) is 24.6. The number of amides is 2. The molecule has 0 spiro atoms. The molecule has 766 valence electrons. The standard InChI is InChI=1S/C25H24N2O7.C25H25NO5.C22H20N2O6.2C21H19NO5/c1-15(28)3-10-21(29)23-24(31)19-9-8-18(13-20(19)26(2)25(23)32)34-17-6-4-16(5-7-17)27-11-12-33-14-22(27)30;1-16(27)7-12-22(28)23-24(29)20-11-10-19(31-18-5-3-2-4-6-18)15-21(20)26(25(23)30)14-13-17-8-9-17;1-12(25)3-10-18(26)19-20(27)16-9-8-15(11-17(16)24(2)22(19)29)30-14-6-4-13(5-7-14)21(23)28;1-13(23)8-11-18(24)19-20(25)16-12-15(27-14-6-4-3-5-7-14)9-10-17(16)22(2)21(19)26;1-13(23)8-11-18(24)19-20(25)16-10-9-15(12-17(16)22(2)21(19)26)27-14-6-4-3-5-7-14/h4-9,13,31H,3,10-12,14H2,1-2H3;2-6,10-11,15,17,29H,7-9,12-14H2,1H3;4-9,11,27H,3,10H2,1-2H3,(H2,23,28);2*3-7,9-10,12,25H,8,11H2,1-2H3. The number of anilines is 1. The average molecular weight is 2020 g/mol. The van der Waals surface area contributed by atoms with E-state index >= 15 is 0 Å². The van der Waals surface area contributed by atoms with Gasteiger partial charge in [0.15, 0.2) is 28.9 Å². The Bertz CT molecular complexity index is 8120. The van der Waals surface area contributed by atoms with Crippen LogP contribution in [0.15, 0.2) is 254 Å². The molecule has 1 aliphatic heterocycles. The van der Waals surface area contributed by atoms with Gasteiger partial charge < -0.3 is 111 Å². The first-order valence-electron chi connectivity index (χ1n) is 47.5. The Hall–Kier alpha value is -18.2. The molecule has 35 heteroatoms. The van der Waals surface area contributed by atoms with E-state index in [-0.39, 0.29) is 151 Å². The molecule has 0 atom stereocenters. The number of ketones is 10. The van der Waals surface area contributed by atoms with Crippen molar-refractivity contribution < 1.29 is 111 Å². The number of carbonyl (C=O) groups excluding carboxylic acids is 12. The second-order valence-electron chi connectivity index (χ2n) is 35.7. The lowest BCUT2D eigenvalue weighted by molar-refractivity contribution is -0.126. The van der Waals surface area contributed by atoms with Gasteiger partial charge >= 0.3 is 0 Å². The lowest BCUT2D eigenvalue weighted by atomic mass is 10.0. The maximum Gasteiger partial charge on any atom is 0.265 e. The molecule has 15 aromatic rings. The first kappa shape index (κ1) is 108. The number of hydrogen-bond donors (Lipinski definition) is 6. The van der Waals surface area contributed by atoms with E-state index in [1.807, 2.05) is 66.7 Å². The number of morpholine rings is 1. The molecule has 0 unspecified atom stereocenters. The van der Waals surface area contributed by atoms with Crippen molar-refractivity contribution in [2.75, 3.05) is 24.7 Å². The highest BCUT2D eigenvalue weighted by molar-refractivity contribution is 6.09. The first-order chi connectivity index (χ1) is 71.1. The van der Waals surface area contributed by atoms with Crippen molar-refractivity contribution in [2.45, 2.75) is 125 Å². The zero-order chi connectivity index (χ0) is 107. The summed E-state index contributed by atoms with van der Waals surface area (Å²) >= 11 is 0. The van der Waals surface area contributed by atoms with Crippen LogP contribution < -0.4 is 62.1 Å². The Morgan fingerprint density at radius 1 is 0.315 bits per heavy atom. The predicted octanol–water partition coefficient (Wildman–Crippen LogP) is 17.7. The highest BCUT2D eigenvalue weighted by Crippen LogP contribution is 2.41. The first-order valence-corrected chi connectivity index (χ1v) is 47.5. The fourth-order valence-electron chi connectivity index (χ4n) is 16.3. The minimum Gasteiger partial charge on any atom is -0.506 e. The van der Waals surface area contributed by atoms with E-state index in [4.69, 9.17) is 34.2 Å². The van der Waals surface area contributed by atoms with Crippen LogP contribution in [0, 0.1) is 5.92 Å². The van der Waals surface area contributed by atoms with Gasteiger partial charge in [0.2, 0.25) is 5.91 Å². The van der Waals surface area contributed by atoms with Crippen LogP contribution in [0.25, 0.3) is 54.5 Å². The molecule has 2 amide bonds. The molecule has 6 heterocycles. The number of benzene rings is 10. The maximum atomic E-state index is 13.2. The number of nitrogens with zero attached hydrogens (tertiary/aromatic N) is 6. The smallest absolute Gasteiger partial charge is 0.265 e. The van der Waals surface area contributed by atoms with E-state index in [0.717, 1.165) is 24.9 Å². The SMILES string of the molecule is CC(=O)CCC(=O)c1c(O)c2cc(Oc3ccccc3)ccc2n(C)c1=O.CC(=O)CCC(=O)c1c(O)c2ccc(Oc3ccc(C(N)=O)cc3)cc2n(C)c1=O.CC(=O)CCC(=O)c1c(O)c2ccc(Oc3ccc(N4CCOCC4=O)cc3)cc2n(C)c1=O.CC(=O)CCC(=O)c1c(O)c2ccc(Oc3ccccc3)cc2n(C)c1=O.CC(=O)CCC(=O)c1c(O)c2ccc(Oc3ccccc3)cc2n(CCC2CC2)c1=O. The summed E-state index contributed by atoms with van der Waals surface area (Å²) in [6.45, 7) is 8.36. The molecule has 1 saturated carbocycles. The van der Waals surface area contributed by atoms with Crippen LogP contribution in [0.3, 0.4) is 0 Å². The Balaban J connectivity index is 0.000000156. The van der Waals surface area contributed by atoms with Crippen LogP contribution >= 0.6 is 0 Å². The molecule has 2 aliphatic rings. The molecule has 149 heavy (non-hydrogen) atoms.